The van der Waals surface area contributed by atoms with Crippen LogP contribution in [0.2, 0.25) is 0 Å². The summed E-state index contributed by atoms with van der Waals surface area (Å²) in [6.07, 6.45) is 5.95. The molecule has 7 heteroatoms. The molecule has 7 nitrogen and oxygen atoms in total. The van der Waals surface area contributed by atoms with Crippen LogP contribution in [-0.4, -0.2) is 50.0 Å². The summed E-state index contributed by atoms with van der Waals surface area (Å²) in [7, 11) is 0. The lowest BCUT2D eigenvalue weighted by molar-refractivity contribution is -0.137. The second kappa shape index (κ2) is 6.31. The molecular weight excluding hydrogens is 248 g/mol. The molecule has 2 rings (SSSR count). The van der Waals surface area contributed by atoms with Crippen LogP contribution < -0.4 is 0 Å². The highest BCUT2D eigenvalue weighted by molar-refractivity contribution is 5.76. The fraction of sp³-hybridized carbons (Fsp3) is 0.667. The van der Waals surface area contributed by atoms with E-state index in [0.717, 1.165) is 19.4 Å². The first-order valence-electron chi connectivity index (χ1n) is 6.49. The van der Waals surface area contributed by atoms with E-state index in [1.807, 2.05) is 0 Å². The highest BCUT2D eigenvalue weighted by atomic mass is 16.4. The van der Waals surface area contributed by atoms with Crippen molar-refractivity contribution < 1.29 is 14.7 Å². The topological polar surface area (TPSA) is 88.3 Å². The predicted molar refractivity (Wildman–Crippen MR) is 66.2 cm³/mol. The summed E-state index contributed by atoms with van der Waals surface area (Å²) < 4.78 is 1.50. The van der Waals surface area contributed by atoms with Gasteiger partial charge >= 0.3 is 5.97 Å². The smallest absolute Gasteiger partial charge is 0.303 e. The summed E-state index contributed by atoms with van der Waals surface area (Å²) in [6.45, 7) is 1.60. The van der Waals surface area contributed by atoms with E-state index in [-0.39, 0.29) is 18.9 Å². The molecule has 1 fully saturated rings. The van der Waals surface area contributed by atoms with Gasteiger partial charge < -0.3 is 10.0 Å². The number of hydrogen-bond donors (Lipinski definition) is 1. The number of aliphatic carboxylic acids is 1. The quantitative estimate of drug-likeness (QED) is 0.832. The van der Waals surface area contributed by atoms with Crippen molar-refractivity contribution in [1.82, 2.24) is 19.9 Å². The highest BCUT2D eigenvalue weighted by Gasteiger charge is 2.24. The standard InChI is InChI=1S/C12H18N4O3/c17-11(9-16-7-5-13-14-16)15-6-1-2-10(8-15)3-4-12(18)19/h5,7,10H,1-4,6,8-9H2,(H,18,19). The molecule has 1 N–H and O–H groups in total. The summed E-state index contributed by atoms with van der Waals surface area (Å²) in [5.74, 6) is -0.457. The Hall–Kier alpha value is -1.92. The molecule has 1 atom stereocenters. The summed E-state index contributed by atoms with van der Waals surface area (Å²) in [4.78, 5) is 24.4. The van der Waals surface area contributed by atoms with Crippen LogP contribution in [0.5, 0.6) is 0 Å². The summed E-state index contributed by atoms with van der Waals surface area (Å²) >= 11 is 0. The molecule has 1 aliphatic rings. The van der Waals surface area contributed by atoms with Gasteiger partial charge in [-0.05, 0) is 25.2 Å². The van der Waals surface area contributed by atoms with Crippen molar-refractivity contribution in [3.8, 4) is 0 Å². The summed E-state index contributed by atoms with van der Waals surface area (Å²) in [5.41, 5.74) is 0. The maximum Gasteiger partial charge on any atom is 0.303 e. The first-order chi connectivity index (χ1) is 9.15. The molecule has 1 aliphatic heterocycles. The maximum absolute atomic E-state index is 12.1. The summed E-state index contributed by atoms with van der Waals surface area (Å²) in [5, 5.41) is 16.1. The van der Waals surface area contributed by atoms with E-state index in [1.165, 1.54) is 4.68 Å². The number of likely N-dealkylation sites (tertiary alicyclic amines) is 1. The second-order valence-corrected chi connectivity index (χ2v) is 4.88. The van der Waals surface area contributed by atoms with Crippen LogP contribution in [0.4, 0.5) is 0 Å². The van der Waals surface area contributed by atoms with Crippen LogP contribution in [0.15, 0.2) is 12.4 Å². The van der Waals surface area contributed by atoms with Gasteiger partial charge in [-0.25, -0.2) is 4.68 Å². The molecular formula is C12H18N4O3. The molecule has 1 aromatic rings. The van der Waals surface area contributed by atoms with E-state index in [1.54, 1.807) is 17.3 Å². The van der Waals surface area contributed by atoms with Gasteiger partial charge in [0.15, 0.2) is 0 Å². The Kier molecular flexibility index (Phi) is 4.48. The minimum atomic E-state index is -0.772. The predicted octanol–water partition coefficient (Wildman–Crippen LogP) is 0.381. The van der Waals surface area contributed by atoms with Gasteiger partial charge in [0.25, 0.3) is 0 Å². The van der Waals surface area contributed by atoms with E-state index in [4.69, 9.17) is 5.11 Å². The number of aromatic nitrogens is 3. The number of carbonyl (C=O) groups excluding carboxylic acids is 1. The van der Waals surface area contributed by atoms with Crippen LogP contribution in [0.1, 0.15) is 25.7 Å². The van der Waals surface area contributed by atoms with E-state index >= 15 is 0 Å². The lowest BCUT2D eigenvalue weighted by Crippen LogP contribution is -2.41. The lowest BCUT2D eigenvalue weighted by atomic mass is 9.93. The van der Waals surface area contributed by atoms with Crippen molar-refractivity contribution in [2.24, 2.45) is 5.92 Å². The first kappa shape index (κ1) is 13.5. The third kappa shape index (κ3) is 4.04. The number of carboxylic acid groups (broad SMARTS) is 1. The van der Waals surface area contributed by atoms with Gasteiger partial charge in [0.05, 0.1) is 6.20 Å². The van der Waals surface area contributed by atoms with Gasteiger partial charge in [0.1, 0.15) is 6.54 Å². The SMILES string of the molecule is O=C(O)CCC1CCCN(C(=O)Cn2ccnn2)C1. The van der Waals surface area contributed by atoms with Gasteiger partial charge in [-0.15, -0.1) is 5.10 Å². The van der Waals surface area contributed by atoms with Crippen LogP contribution in [0, 0.1) is 5.92 Å². The third-order valence-corrected chi connectivity index (χ3v) is 3.41. The Morgan fingerprint density at radius 2 is 2.26 bits per heavy atom. The number of piperidine rings is 1. The zero-order valence-electron chi connectivity index (χ0n) is 10.7. The molecule has 0 radical (unpaired) electrons. The maximum atomic E-state index is 12.1. The van der Waals surface area contributed by atoms with Crippen molar-refractivity contribution in [1.29, 1.82) is 0 Å². The van der Waals surface area contributed by atoms with Crippen molar-refractivity contribution in [2.45, 2.75) is 32.2 Å². The largest absolute Gasteiger partial charge is 0.481 e. The lowest BCUT2D eigenvalue weighted by Gasteiger charge is -2.32. The minimum absolute atomic E-state index is 0.0190. The van der Waals surface area contributed by atoms with E-state index in [9.17, 15) is 9.59 Å². The van der Waals surface area contributed by atoms with Gasteiger partial charge in [-0.2, -0.15) is 0 Å². The normalized spacial score (nSPS) is 19.4. The minimum Gasteiger partial charge on any atom is -0.481 e. The summed E-state index contributed by atoms with van der Waals surface area (Å²) in [6, 6.07) is 0. The monoisotopic (exact) mass is 266 g/mol. The second-order valence-electron chi connectivity index (χ2n) is 4.88. The molecule has 2 heterocycles. The van der Waals surface area contributed by atoms with E-state index in [0.29, 0.717) is 18.9 Å². The Labute approximate surface area is 111 Å². The zero-order chi connectivity index (χ0) is 13.7. The fourth-order valence-electron chi connectivity index (χ4n) is 2.41. The van der Waals surface area contributed by atoms with Gasteiger partial charge in [-0.3, -0.25) is 9.59 Å². The van der Waals surface area contributed by atoms with Crippen molar-refractivity contribution in [3.05, 3.63) is 12.4 Å². The zero-order valence-corrected chi connectivity index (χ0v) is 10.7. The average Bonchev–Trinajstić information content (AvgIpc) is 2.89. The molecule has 1 amide bonds. The molecule has 0 aromatic carbocycles. The van der Waals surface area contributed by atoms with Gasteiger partial charge in [0, 0.05) is 25.7 Å². The van der Waals surface area contributed by atoms with Crippen molar-refractivity contribution in [2.75, 3.05) is 13.1 Å². The molecule has 0 spiro atoms. The number of carboxylic acids is 1. The molecule has 0 saturated carbocycles. The van der Waals surface area contributed by atoms with Crippen LogP contribution in [-0.2, 0) is 16.1 Å². The molecule has 1 saturated heterocycles. The van der Waals surface area contributed by atoms with Crippen molar-refractivity contribution in [3.63, 3.8) is 0 Å². The van der Waals surface area contributed by atoms with Crippen LogP contribution in [0.25, 0.3) is 0 Å². The molecule has 0 bridgehead atoms. The Morgan fingerprint density at radius 1 is 1.42 bits per heavy atom. The number of hydrogen-bond acceptors (Lipinski definition) is 4. The van der Waals surface area contributed by atoms with Crippen LogP contribution in [0.3, 0.4) is 0 Å². The average molecular weight is 266 g/mol. The van der Waals surface area contributed by atoms with Gasteiger partial charge in [-0.1, -0.05) is 5.21 Å². The first-order valence-corrected chi connectivity index (χ1v) is 6.49. The van der Waals surface area contributed by atoms with E-state index < -0.39 is 5.97 Å². The number of nitrogens with zero attached hydrogens (tertiary/aromatic N) is 4. The number of carbonyl (C=O) groups is 2. The van der Waals surface area contributed by atoms with Crippen molar-refractivity contribution >= 4 is 11.9 Å². The number of amides is 1. The third-order valence-electron chi connectivity index (χ3n) is 3.41. The van der Waals surface area contributed by atoms with Gasteiger partial charge in [0.2, 0.25) is 5.91 Å². The Morgan fingerprint density at radius 3 is 2.95 bits per heavy atom. The fourth-order valence-corrected chi connectivity index (χ4v) is 2.41. The molecule has 0 aliphatic carbocycles. The Bertz CT molecular complexity index is 432. The highest BCUT2D eigenvalue weighted by Crippen LogP contribution is 2.21. The molecule has 1 aromatic heterocycles. The molecule has 19 heavy (non-hydrogen) atoms. The van der Waals surface area contributed by atoms with E-state index in [2.05, 4.69) is 10.3 Å². The van der Waals surface area contributed by atoms with Crippen LogP contribution >= 0.6 is 0 Å². The molecule has 1 unspecified atom stereocenters. The molecule has 104 valence electrons. The number of rotatable bonds is 5. The Balaban J connectivity index is 1.82.